The van der Waals surface area contributed by atoms with E-state index >= 15 is 0 Å². The first-order chi connectivity index (χ1) is 14.7. The highest BCUT2D eigenvalue weighted by Gasteiger charge is 2.16. The van der Waals surface area contributed by atoms with Gasteiger partial charge >= 0.3 is 5.97 Å². The number of aliphatic imine (C=N–C) groups is 1. The van der Waals surface area contributed by atoms with Gasteiger partial charge in [-0.1, -0.05) is 60.7 Å². The number of hydrogen-bond acceptors (Lipinski definition) is 5. The Labute approximate surface area is 176 Å². The second-order valence-corrected chi connectivity index (χ2v) is 6.37. The fourth-order valence-corrected chi connectivity index (χ4v) is 2.86. The van der Waals surface area contributed by atoms with Gasteiger partial charge in [-0.2, -0.15) is 0 Å². The van der Waals surface area contributed by atoms with Crippen molar-refractivity contribution in [3.63, 3.8) is 0 Å². The highest BCUT2D eigenvalue weighted by atomic mass is 16.5. The van der Waals surface area contributed by atoms with Crippen LogP contribution in [0.2, 0.25) is 0 Å². The third kappa shape index (κ3) is 5.58. The highest BCUT2D eigenvalue weighted by Crippen LogP contribution is 2.24. The maximum absolute atomic E-state index is 12.1. The predicted molar refractivity (Wildman–Crippen MR) is 118 cm³/mol. The summed E-state index contributed by atoms with van der Waals surface area (Å²) < 4.78 is 15.9. The van der Waals surface area contributed by atoms with E-state index < -0.39 is 5.97 Å². The van der Waals surface area contributed by atoms with Crippen molar-refractivity contribution in [1.82, 2.24) is 0 Å². The third-order valence-corrected chi connectivity index (χ3v) is 4.32. The summed E-state index contributed by atoms with van der Waals surface area (Å²) in [6, 6.07) is 24.9. The molecule has 0 unspecified atom stereocenters. The lowest BCUT2D eigenvalue weighted by Gasteiger charge is -2.13. The molecule has 0 amide bonds. The molecule has 0 saturated carbocycles. The Morgan fingerprint density at radius 2 is 1.70 bits per heavy atom. The summed E-state index contributed by atoms with van der Waals surface area (Å²) >= 11 is 0. The molecule has 0 saturated heterocycles. The summed E-state index contributed by atoms with van der Waals surface area (Å²) in [5.74, 6) is 0.212. The van der Waals surface area contributed by atoms with Crippen molar-refractivity contribution in [2.24, 2.45) is 4.99 Å². The molecule has 0 spiro atoms. The molecule has 0 aromatic heterocycles. The Balaban J connectivity index is 1.76. The molecule has 5 heteroatoms. The van der Waals surface area contributed by atoms with Gasteiger partial charge in [0.2, 0.25) is 0 Å². The molecule has 0 radical (unpaired) electrons. The van der Waals surface area contributed by atoms with Crippen LogP contribution < -0.4 is 4.74 Å². The number of methoxy groups -OCH3 is 2. The van der Waals surface area contributed by atoms with E-state index in [9.17, 15) is 4.79 Å². The zero-order valence-electron chi connectivity index (χ0n) is 16.9. The van der Waals surface area contributed by atoms with E-state index in [4.69, 9.17) is 14.2 Å². The van der Waals surface area contributed by atoms with Crippen LogP contribution in [0.5, 0.6) is 5.75 Å². The van der Waals surface area contributed by atoms with Crippen LogP contribution in [0.3, 0.4) is 0 Å². The van der Waals surface area contributed by atoms with Crippen LogP contribution in [0.25, 0.3) is 5.57 Å². The standard InChI is InChI=1S/C25H23NO4/c1-28-18-24(25(27)29-2)23-14-7-6-11-20(23)17-30-22-13-8-12-21(15-22)26-16-19-9-4-3-5-10-19/h3-16,18H,17H2,1-2H3. The van der Waals surface area contributed by atoms with Crippen LogP contribution in [0.1, 0.15) is 16.7 Å². The largest absolute Gasteiger partial charge is 0.503 e. The van der Waals surface area contributed by atoms with Gasteiger partial charge < -0.3 is 14.2 Å². The lowest BCUT2D eigenvalue weighted by Crippen LogP contribution is -2.08. The van der Waals surface area contributed by atoms with Gasteiger partial charge in [-0.25, -0.2) is 4.79 Å². The van der Waals surface area contributed by atoms with Crippen LogP contribution >= 0.6 is 0 Å². The quantitative estimate of drug-likeness (QED) is 0.226. The van der Waals surface area contributed by atoms with Crippen molar-refractivity contribution in [2.45, 2.75) is 6.61 Å². The molecule has 3 rings (SSSR count). The van der Waals surface area contributed by atoms with E-state index in [1.165, 1.54) is 20.5 Å². The number of hydrogen-bond donors (Lipinski definition) is 0. The summed E-state index contributed by atoms with van der Waals surface area (Å²) in [5, 5.41) is 0. The number of carbonyl (C=O) groups is 1. The van der Waals surface area contributed by atoms with E-state index in [2.05, 4.69) is 4.99 Å². The number of carbonyl (C=O) groups excluding carboxylic acids is 1. The first kappa shape index (κ1) is 20.9. The van der Waals surface area contributed by atoms with Crippen molar-refractivity contribution in [1.29, 1.82) is 0 Å². The molecule has 0 heterocycles. The van der Waals surface area contributed by atoms with E-state index in [0.717, 1.165) is 16.8 Å². The lowest BCUT2D eigenvalue weighted by molar-refractivity contribution is -0.133. The molecular weight excluding hydrogens is 378 g/mol. The monoisotopic (exact) mass is 401 g/mol. The van der Waals surface area contributed by atoms with Crippen molar-refractivity contribution in [2.75, 3.05) is 14.2 Å². The molecule has 5 nitrogen and oxygen atoms in total. The SMILES string of the molecule is COC=C(C(=O)OC)c1ccccc1COc1cccc(N=Cc2ccccc2)c1. The Bertz CT molecular complexity index is 1040. The van der Waals surface area contributed by atoms with Crippen molar-refractivity contribution in [3.8, 4) is 5.75 Å². The molecule has 0 aliphatic rings. The molecule has 0 aliphatic carbocycles. The van der Waals surface area contributed by atoms with Crippen LogP contribution in [0.4, 0.5) is 5.69 Å². The lowest BCUT2D eigenvalue weighted by atomic mass is 10.0. The van der Waals surface area contributed by atoms with E-state index in [1.807, 2.05) is 85.1 Å². The number of nitrogens with zero attached hydrogens (tertiary/aromatic N) is 1. The van der Waals surface area contributed by atoms with Crippen LogP contribution in [-0.4, -0.2) is 26.4 Å². The second-order valence-electron chi connectivity index (χ2n) is 6.37. The van der Waals surface area contributed by atoms with E-state index in [1.54, 1.807) is 0 Å². The Morgan fingerprint density at radius 1 is 0.933 bits per heavy atom. The van der Waals surface area contributed by atoms with Crippen LogP contribution in [0, 0.1) is 0 Å². The molecule has 0 aliphatic heterocycles. The van der Waals surface area contributed by atoms with E-state index in [-0.39, 0.29) is 6.61 Å². The smallest absolute Gasteiger partial charge is 0.341 e. The summed E-state index contributed by atoms with van der Waals surface area (Å²) in [6.07, 6.45) is 3.19. The fraction of sp³-hybridized carbons (Fsp3) is 0.120. The molecule has 0 fully saturated rings. The Morgan fingerprint density at radius 3 is 2.47 bits per heavy atom. The maximum atomic E-state index is 12.1. The molecular formula is C25H23NO4. The van der Waals surface area contributed by atoms with Crippen molar-refractivity contribution in [3.05, 3.63) is 102 Å². The maximum Gasteiger partial charge on any atom is 0.341 e. The minimum atomic E-state index is -0.471. The summed E-state index contributed by atoms with van der Waals surface area (Å²) in [5.41, 5.74) is 3.69. The van der Waals surface area contributed by atoms with Gasteiger partial charge in [0.15, 0.2) is 0 Å². The highest BCUT2D eigenvalue weighted by molar-refractivity contribution is 6.16. The minimum absolute atomic E-state index is 0.278. The summed E-state index contributed by atoms with van der Waals surface area (Å²) in [7, 11) is 2.83. The Kier molecular flexibility index (Phi) is 7.39. The first-order valence-corrected chi connectivity index (χ1v) is 9.43. The average Bonchev–Trinajstić information content (AvgIpc) is 2.80. The van der Waals surface area contributed by atoms with Crippen molar-refractivity contribution < 1.29 is 19.0 Å². The summed E-state index contributed by atoms with van der Waals surface area (Å²) in [4.78, 5) is 16.6. The molecule has 152 valence electrons. The normalized spacial score (nSPS) is 11.3. The predicted octanol–water partition coefficient (Wildman–Crippen LogP) is 5.18. The van der Waals surface area contributed by atoms with Crippen molar-refractivity contribution >= 4 is 23.4 Å². The Hall–Kier alpha value is -3.86. The van der Waals surface area contributed by atoms with Crippen LogP contribution in [0.15, 0.2) is 90.1 Å². The molecule has 0 N–H and O–H groups in total. The van der Waals surface area contributed by atoms with Gasteiger partial charge in [-0.05, 0) is 28.8 Å². The molecule has 0 atom stereocenters. The minimum Gasteiger partial charge on any atom is -0.503 e. The van der Waals surface area contributed by atoms with Gasteiger partial charge in [0.1, 0.15) is 17.9 Å². The topological polar surface area (TPSA) is 57.1 Å². The average molecular weight is 401 g/mol. The third-order valence-electron chi connectivity index (χ3n) is 4.32. The zero-order valence-corrected chi connectivity index (χ0v) is 16.9. The number of esters is 1. The number of ether oxygens (including phenoxy) is 3. The number of benzene rings is 3. The van der Waals surface area contributed by atoms with Gasteiger partial charge in [0.05, 0.1) is 26.2 Å². The first-order valence-electron chi connectivity index (χ1n) is 9.43. The molecule has 30 heavy (non-hydrogen) atoms. The fourth-order valence-electron chi connectivity index (χ4n) is 2.86. The molecule has 3 aromatic carbocycles. The molecule has 0 bridgehead atoms. The van der Waals surface area contributed by atoms with E-state index in [0.29, 0.717) is 16.9 Å². The van der Waals surface area contributed by atoms with Gasteiger partial charge in [0.25, 0.3) is 0 Å². The van der Waals surface area contributed by atoms with Gasteiger partial charge in [-0.3, -0.25) is 4.99 Å². The van der Waals surface area contributed by atoms with Gasteiger partial charge in [0, 0.05) is 12.3 Å². The number of rotatable bonds is 8. The van der Waals surface area contributed by atoms with Crippen LogP contribution in [-0.2, 0) is 20.9 Å². The van der Waals surface area contributed by atoms with Gasteiger partial charge in [-0.15, -0.1) is 0 Å². The second kappa shape index (κ2) is 10.6. The zero-order chi connectivity index (χ0) is 21.2. The summed E-state index contributed by atoms with van der Waals surface area (Å²) in [6.45, 7) is 0.278. The molecule has 3 aromatic rings.